The van der Waals surface area contributed by atoms with Gasteiger partial charge in [-0.25, -0.2) is 4.57 Å². The molecule has 0 fully saturated rings. The Kier molecular flexibility index (Phi) is 17.8. The average Bonchev–Trinajstić information content (AvgIpc) is 2.95. The zero-order valence-electron chi connectivity index (χ0n) is 23.6. The first kappa shape index (κ1) is 38.8. The molecule has 236 valence electrons. The molecule has 0 bridgehead atoms. The van der Waals surface area contributed by atoms with Gasteiger partial charge in [0.25, 0.3) is 5.08 Å². The molecule has 20 heteroatoms. The van der Waals surface area contributed by atoms with Crippen molar-refractivity contribution < 1.29 is 74.3 Å². The zero-order valence-corrected chi connectivity index (χ0v) is 26.3. The van der Waals surface area contributed by atoms with E-state index in [9.17, 15) is 33.2 Å². The molecule has 2 atom stereocenters. The van der Waals surface area contributed by atoms with E-state index in [2.05, 4.69) is 5.32 Å². The highest BCUT2D eigenvalue weighted by atomic mass is 31.2. The number of hydrogen-bond donors (Lipinski definition) is 2. The fraction of sp³-hybridized carbons (Fsp3) is 0.850. The molecule has 17 nitrogen and oxygen atoms in total. The van der Waals surface area contributed by atoms with Crippen molar-refractivity contribution in [2.45, 2.75) is 50.7 Å². The molecule has 0 saturated carbocycles. The van der Waals surface area contributed by atoms with E-state index in [-0.39, 0.29) is 26.0 Å². The molecule has 0 saturated heterocycles. The lowest BCUT2D eigenvalue weighted by Crippen LogP contribution is -2.39. The third-order valence-corrected chi connectivity index (χ3v) is 11.9. The van der Waals surface area contributed by atoms with E-state index >= 15 is 0 Å². The van der Waals surface area contributed by atoms with Gasteiger partial charge in [-0.3, -0.25) is 37.1 Å². The number of carbonyl (C=O) groups excluding carboxylic acids is 3. The Hall–Kier alpha value is -1.22. The minimum absolute atomic E-state index is 0.0856. The summed E-state index contributed by atoms with van der Waals surface area (Å²) in [6.45, 7) is 1.67. The van der Waals surface area contributed by atoms with Crippen molar-refractivity contribution in [3.05, 3.63) is 0 Å². The Labute approximate surface area is 233 Å². The number of ether oxygens (including phenoxy) is 2. The predicted octanol–water partition coefficient (Wildman–Crippen LogP) is 2.56. The van der Waals surface area contributed by atoms with Crippen molar-refractivity contribution in [2.24, 2.45) is 0 Å². The van der Waals surface area contributed by atoms with Crippen LogP contribution in [0.25, 0.3) is 0 Å². The Balaban J connectivity index is 5.23. The van der Waals surface area contributed by atoms with Crippen molar-refractivity contribution >= 4 is 40.9 Å². The van der Waals surface area contributed by atoms with Gasteiger partial charge in [0.15, 0.2) is 6.10 Å². The highest BCUT2D eigenvalue weighted by Gasteiger charge is 2.64. The molecule has 0 aliphatic rings. The van der Waals surface area contributed by atoms with Crippen LogP contribution in [0.4, 0.5) is 0 Å². The fourth-order valence-electron chi connectivity index (χ4n) is 2.87. The molecule has 2 N–H and O–H groups in total. The molecule has 0 rings (SSSR count). The summed E-state index contributed by atoms with van der Waals surface area (Å²) in [4.78, 5) is 35.8. The number of carbonyl (C=O) groups is 3. The SMILES string of the molecule is CCCC(=O)OC(COC(=O)CC)COP(=O)(OC)OCCNC(=O)CC(O)(P(=O)(OC)OC)P(=O)(OC)OC. The summed E-state index contributed by atoms with van der Waals surface area (Å²) in [6.07, 6.45) is -1.52. The van der Waals surface area contributed by atoms with E-state index in [4.69, 9.17) is 41.1 Å². The molecule has 0 aromatic rings. The Morgan fingerprint density at radius 3 is 1.82 bits per heavy atom. The third kappa shape index (κ3) is 11.2. The van der Waals surface area contributed by atoms with Gasteiger partial charge in [0.1, 0.15) is 6.61 Å². The second-order valence-electron chi connectivity index (χ2n) is 7.68. The molecule has 0 aromatic heterocycles. The largest absolute Gasteiger partial charge is 0.474 e. The van der Waals surface area contributed by atoms with Crippen molar-refractivity contribution in [1.82, 2.24) is 5.32 Å². The van der Waals surface area contributed by atoms with Gasteiger partial charge in [-0.2, -0.15) is 0 Å². The number of nitrogens with one attached hydrogen (secondary N) is 1. The quantitative estimate of drug-likeness (QED) is 0.0984. The van der Waals surface area contributed by atoms with Crippen LogP contribution in [0.2, 0.25) is 0 Å². The molecule has 0 aliphatic heterocycles. The maximum Gasteiger partial charge on any atom is 0.474 e. The van der Waals surface area contributed by atoms with Crippen LogP contribution in [0, 0.1) is 0 Å². The van der Waals surface area contributed by atoms with Crippen LogP contribution in [-0.2, 0) is 69.2 Å². The van der Waals surface area contributed by atoms with Crippen LogP contribution < -0.4 is 5.32 Å². The second kappa shape index (κ2) is 18.3. The van der Waals surface area contributed by atoms with Gasteiger partial charge in [0.2, 0.25) is 5.91 Å². The number of esters is 2. The number of amides is 1. The van der Waals surface area contributed by atoms with E-state index in [1.807, 2.05) is 0 Å². The topological polar surface area (TPSA) is 218 Å². The van der Waals surface area contributed by atoms with Crippen molar-refractivity contribution in [3.8, 4) is 0 Å². The summed E-state index contributed by atoms with van der Waals surface area (Å²) in [5.74, 6) is -2.15. The molecule has 0 aromatic carbocycles. The summed E-state index contributed by atoms with van der Waals surface area (Å²) in [6, 6.07) is 0. The van der Waals surface area contributed by atoms with Crippen molar-refractivity contribution in [2.75, 3.05) is 61.9 Å². The summed E-state index contributed by atoms with van der Waals surface area (Å²) in [5, 5.41) is 10.2. The molecule has 0 heterocycles. The van der Waals surface area contributed by atoms with Crippen molar-refractivity contribution in [1.29, 1.82) is 0 Å². The van der Waals surface area contributed by atoms with Gasteiger partial charge in [0, 0.05) is 54.9 Å². The molecule has 0 radical (unpaired) electrons. The normalized spacial score (nSPS) is 14.7. The van der Waals surface area contributed by atoms with Gasteiger partial charge in [0.05, 0.1) is 19.6 Å². The predicted molar refractivity (Wildman–Crippen MR) is 138 cm³/mol. The highest BCUT2D eigenvalue weighted by Crippen LogP contribution is 2.76. The van der Waals surface area contributed by atoms with Gasteiger partial charge in [-0.05, 0) is 6.42 Å². The summed E-state index contributed by atoms with van der Waals surface area (Å²) < 4.78 is 82.8. The van der Waals surface area contributed by atoms with Gasteiger partial charge in [-0.1, -0.05) is 13.8 Å². The number of phosphoric ester groups is 1. The van der Waals surface area contributed by atoms with Crippen LogP contribution >= 0.6 is 23.0 Å². The lowest BCUT2D eigenvalue weighted by Gasteiger charge is -2.35. The third-order valence-electron chi connectivity index (χ3n) is 5.02. The standard InChI is InChI=1S/C20H40NO16P3/c1-8-10-19(24)37-16(14-34-18(23)9-2)15-36-40(28,33-7)35-12-11-21-17(22)13-20(25,38(26,29-3)30-4)39(27,31-5)32-6/h16,25H,8-15H2,1-7H3,(H,21,22). The van der Waals surface area contributed by atoms with Crippen molar-refractivity contribution in [3.63, 3.8) is 0 Å². The van der Waals surface area contributed by atoms with E-state index in [0.717, 1.165) is 35.5 Å². The van der Waals surface area contributed by atoms with E-state index in [1.54, 1.807) is 13.8 Å². The zero-order chi connectivity index (χ0) is 31.0. The first-order chi connectivity index (χ1) is 18.7. The lowest BCUT2D eigenvalue weighted by atomic mass is 10.3. The summed E-state index contributed by atoms with van der Waals surface area (Å²) in [5.41, 5.74) is 0. The molecule has 2 unspecified atom stereocenters. The minimum atomic E-state index is -4.63. The molecular weight excluding hydrogens is 603 g/mol. The Morgan fingerprint density at radius 2 is 1.38 bits per heavy atom. The Morgan fingerprint density at radius 1 is 0.825 bits per heavy atom. The van der Waals surface area contributed by atoms with E-state index < -0.39 is 71.7 Å². The Bertz CT molecular complexity index is 918. The average molecular weight is 643 g/mol. The lowest BCUT2D eigenvalue weighted by molar-refractivity contribution is -0.161. The van der Waals surface area contributed by atoms with Crippen LogP contribution in [-0.4, -0.2) is 96.1 Å². The number of phosphoric acid groups is 1. The number of rotatable bonds is 22. The summed E-state index contributed by atoms with van der Waals surface area (Å²) in [7, 11) is -8.86. The maximum atomic E-state index is 12.9. The maximum absolute atomic E-state index is 12.9. The van der Waals surface area contributed by atoms with Gasteiger partial charge in [-0.15, -0.1) is 0 Å². The summed E-state index contributed by atoms with van der Waals surface area (Å²) >= 11 is 0. The first-order valence-corrected chi connectivity index (χ1v) is 16.5. The van der Waals surface area contributed by atoms with Gasteiger partial charge >= 0.3 is 35.0 Å². The molecule has 0 aliphatic carbocycles. The first-order valence-electron chi connectivity index (χ1n) is 11.9. The monoisotopic (exact) mass is 643 g/mol. The van der Waals surface area contributed by atoms with Crippen LogP contribution in [0.3, 0.4) is 0 Å². The minimum Gasteiger partial charge on any atom is -0.462 e. The van der Waals surface area contributed by atoms with E-state index in [0.29, 0.717) is 6.42 Å². The fourth-order valence-corrected chi connectivity index (χ4v) is 8.14. The number of hydrogen-bond acceptors (Lipinski definition) is 16. The number of aliphatic hydroxyl groups is 1. The molecule has 40 heavy (non-hydrogen) atoms. The van der Waals surface area contributed by atoms with Crippen LogP contribution in [0.15, 0.2) is 0 Å². The van der Waals surface area contributed by atoms with Gasteiger partial charge < -0.3 is 38.0 Å². The van der Waals surface area contributed by atoms with Crippen LogP contribution in [0.1, 0.15) is 39.5 Å². The molecule has 1 amide bonds. The molecular formula is C20H40NO16P3. The smallest absolute Gasteiger partial charge is 0.462 e. The molecule has 0 spiro atoms. The van der Waals surface area contributed by atoms with Crippen LogP contribution in [0.5, 0.6) is 0 Å². The highest BCUT2D eigenvalue weighted by molar-refractivity contribution is 7.73. The second-order valence-corrected chi connectivity index (χ2v) is 14.7. The van der Waals surface area contributed by atoms with E-state index in [1.165, 1.54) is 0 Å².